The Labute approximate surface area is 114 Å². The lowest BCUT2D eigenvalue weighted by Gasteiger charge is -2.15. The highest BCUT2D eigenvalue weighted by Gasteiger charge is 2.12. The highest BCUT2D eigenvalue weighted by atomic mass is 35.5. The van der Waals surface area contributed by atoms with E-state index in [4.69, 9.17) is 22.1 Å². The topological polar surface area (TPSA) is 61.0 Å². The summed E-state index contributed by atoms with van der Waals surface area (Å²) in [5.41, 5.74) is 7.00. The molecule has 0 fully saturated rings. The molecule has 0 aliphatic rings. The number of hydrogen-bond acceptors (Lipinski definition) is 4. The summed E-state index contributed by atoms with van der Waals surface area (Å²) in [5.74, 6) is 0.399. The Hall–Kier alpha value is -1.03. The van der Waals surface area contributed by atoms with Gasteiger partial charge in [-0.1, -0.05) is 26.2 Å². The first kappa shape index (κ1) is 15.0. The van der Waals surface area contributed by atoms with Crippen molar-refractivity contribution in [3.8, 4) is 5.88 Å². The zero-order valence-corrected chi connectivity index (χ0v) is 12.1. The van der Waals surface area contributed by atoms with E-state index >= 15 is 0 Å². The zero-order valence-electron chi connectivity index (χ0n) is 11.4. The molecule has 1 atom stereocenters. The van der Waals surface area contributed by atoms with Crippen LogP contribution in [0.1, 0.15) is 51.6 Å². The summed E-state index contributed by atoms with van der Waals surface area (Å²) in [6.45, 7) is 6.02. The van der Waals surface area contributed by atoms with Crippen molar-refractivity contribution in [2.45, 2.75) is 59.0 Å². The summed E-state index contributed by atoms with van der Waals surface area (Å²) in [5, 5.41) is 0.176. The predicted octanol–water partition coefficient (Wildman–Crippen LogP) is 3.76. The number of unbranched alkanes of at least 4 members (excludes halogenated alkanes) is 3. The van der Waals surface area contributed by atoms with Crippen molar-refractivity contribution in [2.24, 2.45) is 0 Å². The van der Waals surface area contributed by atoms with Crippen LogP contribution in [-0.2, 0) is 0 Å². The van der Waals surface area contributed by atoms with Gasteiger partial charge in [0.1, 0.15) is 5.69 Å². The van der Waals surface area contributed by atoms with E-state index in [1.807, 2.05) is 6.92 Å². The maximum absolute atomic E-state index is 5.87. The molecule has 18 heavy (non-hydrogen) atoms. The fourth-order valence-corrected chi connectivity index (χ4v) is 1.92. The van der Waals surface area contributed by atoms with E-state index in [0.717, 1.165) is 12.8 Å². The van der Waals surface area contributed by atoms with Crippen LogP contribution in [0.25, 0.3) is 0 Å². The second-order valence-corrected chi connectivity index (χ2v) is 4.91. The molecule has 0 aromatic carbocycles. The quantitative estimate of drug-likeness (QED) is 0.606. The molecule has 1 rings (SSSR count). The largest absolute Gasteiger partial charge is 0.473 e. The van der Waals surface area contributed by atoms with Crippen LogP contribution in [0.15, 0.2) is 0 Å². The van der Waals surface area contributed by atoms with Gasteiger partial charge in [0.25, 0.3) is 0 Å². The van der Waals surface area contributed by atoms with Gasteiger partial charge in [-0.25, -0.2) is 4.98 Å². The predicted molar refractivity (Wildman–Crippen MR) is 75.0 cm³/mol. The number of ether oxygens (including phenoxy) is 1. The fourth-order valence-electron chi connectivity index (χ4n) is 1.72. The molecule has 0 aliphatic heterocycles. The SMILES string of the molecule is CCCCCCC(C)Oc1nc(Cl)nc(C)c1N. The number of aromatic nitrogens is 2. The Morgan fingerprint density at radius 3 is 2.67 bits per heavy atom. The minimum atomic E-state index is 0.0922. The number of nitrogens with two attached hydrogens (primary N) is 1. The van der Waals surface area contributed by atoms with Crippen LogP contribution in [0.2, 0.25) is 5.28 Å². The van der Waals surface area contributed by atoms with E-state index in [2.05, 4.69) is 16.9 Å². The summed E-state index contributed by atoms with van der Waals surface area (Å²) in [7, 11) is 0. The van der Waals surface area contributed by atoms with Gasteiger partial charge in [0.05, 0.1) is 11.8 Å². The lowest BCUT2D eigenvalue weighted by Crippen LogP contribution is -2.14. The van der Waals surface area contributed by atoms with Crippen molar-refractivity contribution in [1.29, 1.82) is 0 Å². The van der Waals surface area contributed by atoms with E-state index in [9.17, 15) is 0 Å². The minimum absolute atomic E-state index is 0.0922. The number of nitrogens with zero attached hydrogens (tertiary/aromatic N) is 2. The van der Waals surface area contributed by atoms with Gasteiger partial charge in [-0.05, 0) is 38.3 Å². The van der Waals surface area contributed by atoms with Crippen molar-refractivity contribution < 1.29 is 4.74 Å². The van der Waals surface area contributed by atoms with Crippen molar-refractivity contribution in [3.63, 3.8) is 0 Å². The van der Waals surface area contributed by atoms with Crippen LogP contribution in [0.4, 0.5) is 5.69 Å². The number of aryl methyl sites for hydroxylation is 1. The molecule has 0 saturated heterocycles. The number of halogens is 1. The Kier molecular flexibility index (Phi) is 6.19. The summed E-state index contributed by atoms with van der Waals surface area (Å²) in [6, 6.07) is 0. The average Bonchev–Trinajstić information content (AvgIpc) is 2.31. The number of hydrogen-bond donors (Lipinski definition) is 1. The Balaban J connectivity index is 2.51. The van der Waals surface area contributed by atoms with Crippen LogP contribution >= 0.6 is 11.6 Å². The van der Waals surface area contributed by atoms with Crippen LogP contribution in [0.5, 0.6) is 5.88 Å². The average molecular weight is 272 g/mol. The second kappa shape index (κ2) is 7.41. The van der Waals surface area contributed by atoms with Crippen LogP contribution in [0, 0.1) is 6.92 Å². The summed E-state index contributed by atoms with van der Waals surface area (Å²) < 4.78 is 5.73. The Morgan fingerprint density at radius 2 is 2.00 bits per heavy atom. The van der Waals surface area contributed by atoms with Crippen molar-refractivity contribution >= 4 is 17.3 Å². The smallest absolute Gasteiger partial charge is 0.242 e. The molecule has 2 N–H and O–H groups in total. The fraction of sp³-hybridized carbons (Fsp3) is 0.692. The Bertz CT molecular complexity index is 385. The molecule has 1 heterocycles. The van der Waals surface area contributed by atoms with Gasteiger partial charge >= 0.3 is 0 Å². The van der Waals surface area contributed by atoms with Crippen molar-refractivity contribution in [2.75, 3.05) is 5.73 Å². The van der Waals surface area contributed by atoms with E-state index in [-0.39, 0.29) is 11.4 Å². The third-order valence-electron chi connectivity index (χ3n) is 2.85. The molecule has 0 amide bonds. The van der Waals surface area contributed by atoms with Crippen LogP contribution < -0.4 is 10.5 Å². The highest BCUT2D eigenvalue weighted by molar-refractivity contribution is 6.28. The summed E-state index contributed by atoms with van der Waals surface area (Å²) >= 11 is 5.79. The molecular weight excluding hydrogens is 250 g/mol. The van der Waals surface area contributed by atoms with Gasteiger partial charge in [0.15, 0.2) is 0 Å². The second-order valence-electron chi connectivity index (χ2n) is 4.57. The van der Waals surface area contributed by atoms with Crippen molar-refractivity contribution in [1.82, 2.24) is 9.97 Å². The molecule has 0 saturated carbocycles. The van der Waals surface area contributed by atoms with Gasteiger partial charge in [-0.3, -0.25) is 0 Å². The van der Waals surface area contributed by atoms with Crippen LogP contribution in [0.3, 0.4) is 0 Å². The van der Waals surface area contributed by atoms with Gasteiger partial charge in [0, 0.05) is 0 Å². The molecule has 5 heteroatoms. The number of rotatable bonds is 7. The molecule has 102 valence electrons. The van der Waals surface area contributed by atoms with E-state index in [1.165, 1.54) is 19.3 Å². The Morgan fingerprint density at radius 1 is 1.28 bits per heavy atom. The van der Waals surface area contributed by atoms with Gasteiger partial charge < -0.3 is 10.5 Å². The van der Waals surface area contributed by atoms with Gasteiger partial charge in [-0.2, -0.15) is 4.98 Å². The third kappa shape index (κ3) is 4.69. The highest BCUT2D eigenvalue weighted by Crippen LogP contribution is 2.24. The van der Waals surface area contributed by atoms with E-state index < -0.39 is 0 Å². The van der Waals surface area contributed by atoms with Gasteiger partial charge in [0.2, 0.25) is 11.2 Å². The molecule has 0 aliphatic carbocycles. The van der Waals surface area contributed by atoms with Crippen LogP contribution in [-0.4, -0.2) is 16.1 Å². The normalized spacial score (nSPS) is 12.4. The summed E-state index contributed by atoms with van der Waals surface area (Å²) in [4.78, 5) is 8.00. The zero-order chi connectivity index (χ0) is 13.5. The lowest BCUT2D eigenvalue weighted by atomic mass is 10.1. The number of anilines is 1. The number of nitrogen functional groups attached to an aromatic ring is 1. The standard InChI is InChI=1S/C13H22ClN3O/c1-4-5-6-7-8-9(2)18-12-11(15)10(3)16-13(14)17-12/h9H,4-8,15H2,1-3H3. The maximum atomic E-state index is 5.87. The molecule has 1 aromatic rings. The molecule has 1 aromatic heterocycles. The van der Waals surface area contributed by atoms with Crippen molar-refractivity contribution in [3.05, 3.63) is 11.0 Å². The first-order valence-corrected chi connectivity index (χ1v) is 6.88. The monoisotopic (exact) mass is 271 g/mol. The first-order chi connectivity index (χ1) is 8.54. The molecular formula is C13H22ClN3O. The van der Waals surface area contributed by atoms with Gasteiger partial charge in [-0.15, -0.1) is 0 Å². The summed E-state index contributed by atoms with van der Waals surface area (Å²) in [6.07, 6.45) is 6.00. The molecule has 4 nitrogen and oxygen atoms in total. The van der Waals surface area contributed by atoms with E-state index in [1.54, 1.807) is 6.92 Å². The first-order valence-electron chi connectivity index (χ1n) is 6.50. The lowest BCUT2D eigenvalue weighted by molar-refractivity contribution is 0.199. The maximum Gasteiger partial charge on any atom is 0.242 e. The molecule has 1 unspecified atom stereocenters. The third-order valence-corrected chi connectivity index (χ3v) is 3.02. The molecule has 0 bridgehead atoms. The van der Waals surface area contributed by atoms with E-state index in [0.29, 0.717) is 17.3 Å². The molecule has 0 spiro atoms. The minimum Gasteiger partial charge on any atom is -0.473 e. The molecule has 0 radical (unpaired) electrons.